The highest BCUT2D eigenvalue weighted by Gasteiger charge is 2.17. The zero-order chi connectivity index (χ0) is 17.9. The Balaban J connectivity index is 1.67. The number of amides is 1. The van der Waals surface area contributed by atoms with E-state index in [0.717, 1.165) is 21.6 Å². The van der Waals surface area contributed by atoms with E-state index < -0.39 is 0 Å². The van der Waals surface area contributed by atoms with E-state index in [9.17, 15) is 4.79 Å². The van der Waals surface area contributed by atoms with Crippen LogP contribution in [0.15, 0.2) is 52.6 Å². The summed E-state index contributed by atoms with van der Waals surface area (Å²) in [5.41, 5.74) is 2.42. The first kappa shape index (κ1) is 16.5. The maximum absolute atomic E-state index is 12.3. The van der Waals surface area contributed by atoms with Gasteiger partial charge in [0.1, 0.15) is 17.0 Å². The number of para-hydroxylation sites is 1. The molecule has 1 aromatic carbocycles. The Bertz CT molecular complexity index is 1040. The van der Waals surface area contributed by atoms with E-state index in [1.54, 1.807) is 18.6 Å². The number of carbonyl (C=O) groups is 1. The summed E-state index contributed by atoms with van der Waals surface area (Å²) in [5, 5.41) is 9.97. The van der Waals surface area contributed by atoms with Gasteiger partial charge in [0.25, 0.3) is 5.91 Å². The third-order valence-corrected chi connectivity index (χ3v) is 4.83. The topological polar surface area (TPSA) is 82.2 Å². The van der Waals surface area contributed by atoms with Gasteiger partial charge in [-0.15, -0.1) is 11.3 Å². The van der Waals surface area contributed by atoms with Crippen molar-refractivity contribution >= 4 is 34.0 Å². The van der Waals surface area contributed by atoms with Gasteiger partial charge in [0, 0.05) is 36.0 Å². The van der Waals surface area contributed by atoms with Crippen molar-refractivity contribution < 1.29 is 14.1 Å². The quantitative estimate of drug-likeness (QED) is 0.562. The van der Waals surface area contributed by atoms with Gasteiger partial charge in [-0.2, -0.15) is 0 Å². The molecule has 7 nitrogen and oxygen atoms in total. The highest BCUT2D eigenvalue weighted by Crippen LogP contribution is 2.30. The van der Waals surface area contributed by atoms with Gasteiger partial charge in [-0.1, -0.05) is 23.4 Å². The Morgan fingerprint density at radius 2 is 2.23 bits per heavy atom. The van der Waals surface area contributed by atoms with Crippen molar-refractivity contribution in [1.29, 1.82) is 0 Å². The molecule has 0 unspecified atom stereocenters. The van der Waals surface area contributed by atoms with Crippen molar-refractivity contribution in [1.82, 2.24) is 14.7 Å². The van der Waals surface area contributed by atoms with Crippen LogP contribution in [0.1, 0.15) is 10.5 Å². The molecule has 4 aromatic rings. The maximum Gasteiger partial charge on any atom is 0.276 e. The van der Waals surface area contributed by atoms with Gasteiger partial charge >= 0.3 is 0 Å². The first-order valence-corrected chi connectivity index (χ1v) is 8.89. The van der Waals surface area contributed by atoms with Crippen LogP contribution in [0.5, 0.6) is 0 Å². The number of fused-ring (bicyclic) bond motifs is 1. The smallest absolute Gasteiger partial charge is 0.276 e. The van der Waals surface area contributed by atoms with Gasteiger partial charge in [-0.3, -0.25) is 4.79 Å². The Kier molecular flexibility index (Phi) is 4.51. The Morgan fingerprint density at radius 3 is 3.04 bits per heavy atom. The molecule has 1 amide bonds. The molecule has 0 fully saturated rings. The number of hydrogen-bond acceptors (Lipinski definition) is 6. The SMILES string of the molecule is COCCn1c(-c2nc(C(=O)Nc3ccon3)cs2)cc2ccccc21. The zero-order valence-electron chi connectivity index (χ0n) is 14.0. The summed E-state index contributed by atoms with van der Waals surface area (Å²) in [6.07, 6.45) is 1.40. The van der Waals surface area contributed by atoms with E-state index in [-0.39, 0.29) is 5.91 Å². The molecule has 4 rings (SSSR count). The van der Waals surface area contributed by atoms with Crippen LogP contribution < -0.4 is 5.32 Å². The second kappa shape index (κ2) is 7.11. The first-order valence-electron chi connectivity index (χ1n) is 8.01. The van der Waals surface area contributed by atoms with Crippen LogP contribution in [-0.4, -0.2) is 34.3 Å². The summed E-state index contributed by atoms with van der Waals surface area (Å²) in [7, 11) is 1.68. The fourth-order valence-electron chi connectivity index (χ4n) is 2.76. The molecule has 0 bridgehead atoms. The fraction of sp³-hybridized carbons (Fsp3) is 0.167. The molecule has 0 aliphatic rings. The molecule has 0 saturated carbocycles. The Hall–Kier alpha value is -2.97. The molecule has 3 aromatic heterocycles. The van der Waals surface area contributed by atoms with Crippen molar-refractivity contribution in [2.45, 2.75) is 6.54 Å². The third-order valence-electron chi connectivity index (χ3n) is 3.96. The summed E-state index contributed by atoms with van der Waals surface area (Å²) in [6.45, 7) is 1.30. The molecular formula is C18H16N4O3S. The Labute approximate surface area is 153 Å². The van der Waals surface area contributed by atoms with Crippen molar-refractivity contribution in [2.75, 3.05) is 19.0 Å². The molecular weight excluding hydrogens is 352 g/mol. The standard InChI is InChI=1S/C18H16N4O3S/c1-24-9-7-22-14-5-3-2-4-12(14)10-15(22)18-19-13(11-26-18)17(23)20-16-6-8-25-21-16/h2-6,8,10-11H,7,9H2,1H3,(H,20,21,23). The van der Waals surface area contributed by atoms with Crippen LogP contribution >= 0.6 is 11.3 Å². The van der Waals surface area contributed by atoms with E-state index in [1.807, 2.05) is 12.1 Å². The molecule has 0 aliphatic heterocycles. The van der Waals surface area contributed by atoms with Gasteiger partial charge < -0.3 is 19.1 Å². The van der Waals surface area contributed by atoms with Crippen LogP contribution in [0.4, 0.5) is 5.82 Å². The molecule has 0 radical (unpaired) electrons. The van der Waals surface area contributed by atoms with Crippen LogP contribution in [-0.2, 0) is 11.3 Å². The number of ether oxygens (including phenoxy) is 1. The van der Waals surface area contributed by atoms with Crippen LogP contribution in [0.2, 0.25) is 0 Å². The second-order valence-electron chi connectivity index (χ2n) is 5.61. The zero-order valence-corrected chi connectivity index (χ0v) is 14.8. The number of methoxy groups -OCH3 is 1. The minimum absolute atomic E-state index is 0.319. The number of benzene rings is 1. The fourth-order valence-corrected chi connectivity index (χ4v) is 3.59. The number of aromatic nitrogens is 3. The molecule has 0 saturated heterocycles. The van der Waals surface area contributed by atoms with Gasteiger partial charge in [-0.25, -0.2) is 4.98 Å². The maximum atomic E-state index is 12.3. The van der Waals surface area contributed by atoms with Gasteiger partial charge in [0.2, 0.25) is 0 Å². The summed E-state index contributed by atoms with van der Waals surface area (Å²) in [5.74, 6) is 0.0414. The number of carbonyl (C=O) groups excluding carboxylic acids is 1. The van der Waals surface area contributed by atoms with Gasteiger partial charge in [0.15, 0.2) is 5.82 Å². The van der Waals surface area contributed by atoms with Crippen molar-refractivity contribution in [3.63, 3.8) is 0 Å². The first-order chi connectivity index (χ1) is 12.8. The van der Waals surface area contributed by atoms with E-state index in [4.69, 9.17) is 9.26 Å². The Morgan fingerprint density at radius 1 is 1.35 bits per heavy atom. The lowest BCUT2D eigenvalue weighted by atomic mass is 10.2. The van der Waals surface area contributed by atoms with Crippen LogP contribution in [0.25, 0.3) is 21.6 Å². The highest BCUT2D eigenvalue weighted by atomic mass is 32.1. The monoisotopic (exact) mass is 368 g/mol. The molecule has 1 N–H and O–H groups in total. The molecule has 3 heterocycles. The van der Waals surface area contributed by atoms with Gasteiger partial charge in [0.05, 0.1) is 12.3 Å². The molecule has 0 spiro atoms. The number of rotatable bonds is 6. The molecule has 0 atom stereocenters. The molecule has 26 heavy (non-hydrogen) atoms. The number of nitrogens with one attached hydrogen (secondary N) is 1. The number of nitrogens with zero attached hydrogens (tertiary/aromatic N) is 3. The average molecular weight is 368 g/mol. The largest absolute Gasteiger partial charge is 0.383 e. The van der Waals surface area contributed by atoms with E-state index in [1.165, 1.54) is 17.6 Å². The average Bonchev–Trinajstić information content (AvgIpc) is 3.39. The van der Waals surface area contributed by atoms with Crippen molar-refractivity contribution in [3.8, 4) is 10.7 Å². The van der Waals surface area contributed by atoms with Crippen LogP contribution in [0.3, 0.4) is 0 Å². The number of hydrogen-bond donors (Lipinski definition) is 1. The minimum Gasteiger partial charge on any atom is -0.383 e. The number of thiazole rings is 1. The molecule has 0 aliphatic carbocycles. The molecule has 8 heteroatoms. The predicted octanol–water partition coefficient (Wildman–Crippen LogP) is 3.65. The van der Waals surface area contributed by atoms with Gasteiger partial charge in [-0.05, 0) is 12.1 Å². The summed E-state index contributed by atoms with van der Waals surface area (Å²) in [6, 6.07) is 11.8. The van der Waals surface area contributed by atoms with E-state index in [2.05, 4.69) is 38.2 Å². The lowest BCUT2D eigenvalue weighted by Crippen LogP contribution is -2.12. The summed E-state index contributed by atoms with van der Waals surface area (Å²) >= 11 is 1.43. The second-order valence-corrected chi connectivity index (χ2v) is 6.47. The van der Waals surface area contributed by atoms with E-state index >= 15 is 0 Å². The van der Waals surface area contributed by atoms with Crippen molar-refractivity contribution in [2.24, 2.45) is 0 Å². The molecule has 132 valence electrons. The lowest BCUT2D eigenvalue weighted by Gasteiger charge is -2.08. The number of anilines is 1. The lowest BCUT2D eigenvalue weighted by molar-refractivity contribution is 0.102. The van der Waals surface area contributed by atoms with E-state index in [0.29, 0.717) is 24.7 Å². The highest BCUT2D eigenvalue weighted by molar-refractivity contribution is 7.13. The third kappa shape index (κ3) is 3.12. The minimum atomic E-state index is -0.319. The summed E-state index contributed by atoms with van der Waals surface area (Å²) in [4.78, 5) is 16.8. The predicted molar refractivity (Wildman–Crippen MR) is 99.4 cm³/mol. The van der Waals surface area contributed by atoms with Crippen LogP contribution in [0, 0.1) is 0 Å². The van der Waals surface area contributed by atoms with Crippen molar-refractivity contribution in [3.05, 3.63) is 53.7 Å². The normalized spacial score (nSPS) is 11.1. The summed E-state index contributed by atoms with van der Waals surface area (Å²) < 4.78 is 12.1.